The molecule has 0 bridgehead atoms. The molecule has 0 aromatic heterocycles. The van der Waals surface area contributed by atoms with E-state index in [0.717, 1.165) is 0 Å². The summed E-state index contributed by atoms with van der Waals surface area (Å²) in [6.07, 6.45) is -5.75. The summed E-state index contributed by atoms with van der Waals surface area (Å²) in [5.41, 5.74) is -1.04. The fraction of sp³-hybridized carbons (Fsp3) is 0.462. The molecule has 1 aromatic carbocycles. The molecule has 0 aliphatic carbocycles. The number of carboxylic acids is 1. The lowest BCUT2D eigenvalue weighted by Crippen LogP contribution is -2.36. The van der Waals surface area contributed by atoms with E-state index in [1.165, 1.54) is 0 Å². The van der Waals surface area contributed by atoms with E-state index >= 15 is 0 Å². The second-order valence-electron chi connectivity index (χ2n) is 4.22. The van der Waals surface area contributed by atoms with Crippen LogP contribution in [0.25, 0.3) is 0 Å². The number of carboxylic acid groups (broad SMARTS) is 1. The van der Waals surface area contributed by atoms with E-state index < -0.39 is 30.4 Å². The zero-order chi connectivity index (χ0) is 13.8. The lowest BCUT2D eigenvalue weighted by Gasteiger charge is -2.29. The Balaban J connectivity index is 3.07. The number of halogens is 3. The van der Waals surface area contributed by atoms with Crippen LogP contribution < -0.4 is 0 Å². The summed E-state index contributed by atoms with van der Waals surface area (Å²) in [5.74, 6) is -1.21. The predicted octanol–water partition coefficient (Wildman–Crippen LogP) is 3.76. The summed E-state index contributed by atoms with van der Waals surface area (Å²) >= 11 is 0. The summed E-state index contributed by atoms with van der Waals surface area (Å²) in [5, 5.41) is 9.31. The maximum absolute atomic E-state index is 12.3. The molecule has 5 heteroatoms. The summed E-state index contributed by atoms with van der Waals surface area (Å²) in [4.78, 5) is 11.4. The Labute approximate surface area is 103 Å². The number of carbonyl (C=O) groups is 1. The minimum atomic E-state index is -4.34. The number of benzene rings is 1. The van der Waals surface area contributed by atoms with Gasteiger partial charge in [-0.2, -0.15) is 13.2 Å². The maximum atomic E-state index is 12.3. The van der Waals surface area contributed by atoms with Crippen molar-refractivity contribution in [1.82, 2.24) is 0 Å². The van der Waals surface area contributed by atoms with Crippen LogP contribution in [0.2, 0.25) is 0 Å². The molecule has 1 aromatic rings. The van der Waals surface area contributed by atoms with Gasteiger partial charge in [-0.3, -0.25) is 4.79 Å². The molecule has 0 saturated carbocycles. The molecule has 0 spiro atoms. The van der Waals surface area contributed by atoms with Gasteiger partial charge >= 0.3 is 12.1 Å². The molecule has 0 aliphatic rings. The fourth-order valence-electron chi connectivity index (χ4n) is 2.02. The second-order valence-corrected chi connectivity index (χ2v) is 4.22. The van der Waals surface area contributed by atoms with Crippen LogP contribution in [0.15, 0.2) is 30.3 Å². The van der Waals surface area contributed by atoms with Crippen molar-refractivity contribution in [2.75, 3.05) is 0 Å². The number of alkyl halides is 3. The molecule has 0 radical (unpaired) electrons. The van der Waals surface area contributed by atoms with Crippen LogP contribution >= 0.6 is 0 Å². The molecule has 18 heavy (non-hydrogen) atoms. The summed E-state index contributed by atoms with van der Waals surface area (Å²) < 4.78 is 36.9. The molecule has 1 unspecified atom stereocenters. The Kier molecular flexibility index (Phi) is 4.38. The van der Waals surface area contributed by atoms with Gasteiger partial charge in [0.05, 0.1) is 5.41 Å². The largest absolute Gasteiger partial charge is 0.481 e. The molecule has 0 saturated heterocycles. The van der Waals surface area contributed by atoms with Crippen molar-refractivity contribution in [3.63, 3.8) is 0 Å². The third kappa shape index (κ3) is 3.24. The number of hydrogen-bond acceptors (Lipinski definition) is 1. The van der Waals surface area contributed by atoms with Crippen molar-refractivity contribution in [1.29, 1.82) is 0 Å². The molecule has 0 fully saturated rings. The van der Waals surface area contributed by atoms with Gasteiger partial charge in [-0.25, -0.2) is 0 Å². The van der Waals surface area contributed by atoms with Crippen LogP contribution in [0.5, 0.6) is 0 Å². The second kappa shape index (κ2) is 5.42. The van der Waals surface area contributed by atoms with Gasteiger partial charge in [0.1, 0.15) is 0 Å². The first-order valence-electron chi connectivity index (χ1n) is 5.67. The maximum Gasteiger partial charge on any atom is 0.389 e. The van der Waals surface area contributed by atoms with E-state index in [4.69, 9.17) is 0 Å². The lowest BCUT2D eigenvalue weighted by atomic mass is 9.74. The normalized spacial score (nSPS) is 15.1. The van der Waals surface area contributed by atoms with Crippen LogP contribution in [-0.4, -0.2) is 17.3 Å². The van der Waals surface area contributed by atoms with Crippen molar-refractivity contribution in [3.05, 3.63) is 35.9 Å². The number of aliphatic carboxylic acids is 1. The average molecular weight is 260 g/mol. The third-order valence-electron chi connectivity index (χ3n) is 3.17. The molecular weight excluding hydrogens is 245 g/mol. The smallest absolute Gasteiger partial charge is 0.389 e. The summed E-state index contributed by atoms with van der Waals surface area (Å²) in [6.45, 7) is 1.59. The van der Waals surface area contributed by atoms with Gasteiger partial charge in [0, 0.05) is 6.42 Å². The van der Waals surface area contributed by atoms with Crippen molar-refractivity contribution in [2.24, 2.45) is 0 Å². The molecular formula is C13H15F3O2. The van der Waals surface area contributed by atoms with Gasteiger partial charge in [-0.1, -0.05) is 37.3 Å². The first-order chi connectivity index (χ1) is 8.32. The van der Waals surface area contributed by atoms with E-state index in [-0.39, 0.29) is 6.42 Å². The highest BCUT2D eigenvalue weighted by Gasteiger charge is 2.42. The molecule has 0 amide bonds. The van der Waals surface area contributed by atoms with Gasteiger partial charge in [0.25, 0.3) is 0 Å². The number of rotatable bonds is 5. The van der Waals surface area contributed by atoms with E-state index in [9.17, 15) is 23.1 Å². The van der Waals surface area contributed by atoms with Crippen molar-refractivity contribution in [2.45, 2.75) is 37.8 Å². The van der Waals surface area contributed by atoms with Crippen molar-refractivity contribution < 1.29 is 23.1 Å². The minimum absolute atomic E-state index is 0.127. The minimum Gasteiger partial charge on any atom is -0.481 e. The molecule has 100 valence electrons. The SMILES string of the molecule is CCC(CCC(F)(F)F)(C(=O)O)c1ccccc1. The van der Waals surface area contributed by atoms with E-state index in [1.807, 2.05) is 0 Å². The Morgan fingerprint density at radius 1 is 1.17 bits per heavy atom. The zero-order valence-corrected chi connectivity index (χ0v) is 10.00. The third-order valence-corrected chi connectivity index (χ3v) is 3.17. The standard InChI is InChI=1S/C13H15F3O2/c1-2-12(11(17)18,8-9-13(14,15)16)10-6-4-3-5-7-10/h3-7H,2,8-9H2,1H3,(H,17,18). The highest BCUT2D eigenvalue weighted by atomic mass is 19.4. The quantitative estimate of drug-likeness (QED) is 0.875. The Morgan fingerprint density at radius 2 is 1.72 bits per heavy atom. The highest BCUT2D eigenvalue weighted by Crippen LogP contribution is 2.37. The zero-order valence-electron chi connectivity index (χ0n) is 10.00. The highest BCUT2D eigenvalue weighted by molar-refractivity contribution is 5.81. The summed E-state index contributed by atoms with van der Waals surface area (Å²) in [6, 6.07) is 8.10. The van der Waals surface area contributed by atoms with Crippen LogP contribution in [0.4, 0.5) is 13.2 Å². The molecule has 1 rings (SSSR count). The molecule has 1 N–H and O–H groups in total. The Hall–Kier alpha value is -1.52. The van der Waals surface area contributed by atoms with Crippen molar-refractivity contribution in [3.8, 4) is 0 Å². The van der Waals surface area contributed by atoms with E-state index in [2.05, 4.69) is 0 Å². The molecule has 1 atom stereocenters. The molecule has 0 heterocycles. The molecule has 2 nitrogen and oxygen atoms in total. The van der Waals surface area contributed by atoms with Gasteiger partial charge in [0.2, 0.25) is 0 Å². The van der Waals surface area contributed by atoms with E-state index in [0.29, 0.717) is 5.56 Å². The summed E-state index contributed by atoms with van der Waals surface area (Å²) in [7, 11) is 0. The first kappa shape index (κ1) is 14.5. The van der Waals surface area contributed by atoms with Crippen LogP contribution in [0.3, 0.4) is 0 Å². The van der Waals surface area contributed by atoms with Gasteiger partial charge in [-0.05, 0) is 18.4 Å². The Morgan fingerprint density at radius 3 is 2.11 bits per heavy atom. The fourth-order valence-corrected chi connectivity index (χ4v) is 2.02. The average Bonchev–Trinajstić information content (AvgIpc) is 2.30. The van der Waals surface area contributed by atoms with Gasteiger partial charge in [0.15, 0.2) is 0 Å². The van der Waals surface area contributed by atoms with Crippen molar-refractivity contribution >= 4 is 5.97 Å². The predicted molar refractivity (Wildman–Crippen MR) is 61.3 cm³/mol. The number of hydrogen-bond donors (Lipinski definition) is 1. The molecule has 0 aliphatic heterocycles. The van der Waals surface area contributed by atoms with Crippen LogP contribution in [0, 0.1) is 0 Å². The van der Waals surface area contributed by atoms with Crippen LogP contribution in [0.1, 0.15) is 31.7 Å². The monoisotopic (exact) mass is 260 g/mol. The van der Waals surface area contributed by atoms with E-state index in [1.54, 1.807) is 37.3 Å². The van der Waals surface area contributed by atoms with Crippen LogP contribution in [-0.2, 0) is 10.2 Å². The lowest BCUT2D eigenvalue weighted by molar-refractivity contribution is -0.151. The van der Waals surface area contributed by atoms with Gasteiger partial charge in [-0.15, -0.1) is 0 Å². The topological polar surface area (TPSA) is 37.3 Å². The van der Waals surface area contributed by atoms with Gasteiger partial charge < -0.3 is 5.11 Å². The Bertz CT molecular complexity index is 400. The first-order valence-corrected chi connectivity index (χ1v) is 5.67.